The zero-order chi connectivity index (χ0) is 25.4. The Labute approximate surface area is 213 Å². The van der Waals surface area contributed by atoms with Gasteiger partial charge in [-0.2, -0.15) is 4.31 Å². The zero-order valence-corrected chi connectivity index (χ0v) is 21.9. The van der Waals surface area contributed by atoms with E-state index < -0.39 is 10.0 Å². The first-order valence-corrected chi connectivity index (χ1v) is 14.5. The molecule has 0 spiro atoms. The molecule has 7 nitrogen and oxygen atoms in total. The highest BCUT2D eigenvalue weighted by atomic mass is 32.2. The van der Waals surface area contributed by atoms with E-state index in [1.165, 1.54) is 15.4 Å². The number of aryl methyl sites for hydroxylation is 1. The molecule has 36 heavy (non-hydrogen) atoms. The van der Waals surface area contributed by atoms with Crippen LogP contribution in [0.25, 0.3) is 0 Å². The number of carbonyl (C=O) groups is 2. The molecule has 0 radical (unpaired) electrons. The van der Waals surface area contributed by atoms with Gasteiger partial charge in [0.05, 0.1) is 4.90 Å². The van der Waals surface area contributed by atoms with Crippen LogP contribution in [-0.4, -0.2) is 50.2 Å². The summed E-state index contributed by atoms with van der Waals surface area (Å²) in [4.78, 5) is 27.5. The molecule has 0 bridgehead atoms. The van der Waals surface area contributed by atoms with Crippen LogP contribution in [0, 0.1) is 18.8 Å². The number of rotatable bonds is 7. The Hall–Kier alpha value is -2.71. The molecule has 2 amide bonds. The van der Waals surface area contributed by atoms with Gasteiger partial charge in [0.1, 0.15) is 0 Å². The average molecular weight is 510 g/mol. The highest BCUT2D eigenvalue weighted by Gasteiger charge is 2.40. The van der Waals surface area contributed by atoms with E-state index in [4.69, 9.17) is 0 Å². The van der Waals surface area contributed by atoms with Crippen LogP contribution in [-0.2, 0) is 32.5 Å². The number of hydrogen-bond acceptors (Lipinski definition) is 4. The van der Waals surface area contributed by atoms with Crippen molar-refractivity contribution in [1.29, 1.82) is 0 Å². The topological polar surface area (TPSA) is 86.8 Å². The molecule has 2 aromatic rings. The monoisotopic (exact) mass is 509 g/mol. The van der Waals surface area contributed by atoms with Crippen LogP contribution >= 0.6 is 0 Å². The van der Waals surface area contributed by atoms with Crippen molar-refractivity contribution in [3.8, 4) is 0 Å². The van der Waals surface area contributed by atoms with E-state index in [-0.39, 0.29) is 34.6 Å². The van der Waals surface area contributed by atoms with Gasteiger partial charge in [-0.05, 0) is 81.7 Å². The Morgan fingerprint density at radius 3 is 2.33 bits per heavy atom. The minimum absolute atomic E-state index is 0.00565. The molecule has 3 aliphatic rings. The third-order valence-corrected chi connectivity index (χ3v) is 9.62. The highest BCUT2D eigenvalue weighted by Crippen LogP contribution is 2.40. The van der Waals surface area contributed by atoms with Gasteiger partial charge in [0.15, 0.2) is 0 Å². The van der Waals surface area contributed by atoms with Gasteiger partial charge in [0.2, 0.25) is 21.8 Å². The second-order valence-corrected chi connectivity index (χ2v) is 12.5. The van der Waals surface area contributed by atoms with Gasteiger partial charge >= 0.3 is 0 Å². The summed E-state index contributed by atoms with van der Waals surface area (Å²) >= 11 is 0. The number of nitrogens with zero attached hydrogens (tertiary/aromatic N) is 2. The van der Waals surface area contributed by atoms with E-state index in [1.807, 2.05) is 11.8 Å². The van der Waals surface area contributed by atoms with Gasteiger partial charge in [0.25, 0.3) is 0 Å². The maximum absolute atomic E-state index is 13.4. The molecule has 2 aliphatic heterocycles. The number of sulfonamides is 1. The van der Waals surface area contributed by atoms with Gasteiger partial charge in [-0.15, -0.1) is 0 Å². The number of benzene rings is 2. The Bertz CT molecular complexity index is 1250. The largest absolute Gasteiger partial charge is 0.356 e. The molecule has 0 aromatic heterocycles. The van der Waals surface area contributed by atoms with Crippen molar-refractivity contribution in [2.24, 2.45) is 11.8 Å². The molecule has 2 fully saturated rings. The van der Waals surface area contributed by atoms with Crippen molar-refractivity contribution < 1.29 is 18.0 Å². The van der Waals surface area contributed by atoms with Gasteiger partial charge in [-0.25, -0.2) is 8.42 Å². The van der Waals surface area contributed by atoms with Crippen LogP contribution in [0.5, 0.6) is 0 Å². The summed E-state index contributed by atoms with van der Waals surface area (Å²) in [5.74, 6) is 0.127. The molecule has 1 saturated carbocycles. The molecular formula is C28H35N3O4S. The molecule has 192 valence electrons. The first-order chi connectivity index (χ1) is 17.2. The van der Waals surface area contributed by atoms with Crippen LogP contribution < -0.4 is 10.2 Å². The second-order valence-electron chi connectivity index (χ2n) is 10.5. The van der Waals surface area contributed by atoms with E-state index in [0.717, 1.165) is 30.5 Å². The molecule has 1 saturated heterocycles. The molecule has 2 aromatic carbocycles. The van der Waals surface area contributed by atoms with Crippen molar-refractivity contribution in [2.45, 2.75) is 63.3 Å². The van der Waals surface area contributed by atoms with Crippen molar-refractivity contribution in [3.63, 3.8) is 0 Å². The lowest BCUT2D eigenvalue weighted by Crippen LogP contribution is -2.43. The molecule has 1 aliphatic carbocycles. The van der Waals surface area contributed by atoms with E-state index in [9.17, 15) is 18.0 Å². The first-order valence-electron chi connectivity index (χ1n) is 13.0. The quantitative estimate of drug-likeness (QED) is 0.620. The molecular weight excluding hydrogens is 474 g/mol. The SMILES string of the molecule is Cc1ccc(CCNC(=O)C2CCN(S(=O)(=O)c3ccc4c(c3)C[C@H](C)N4C(=O)C3CC3)CC2)cc1. The van der Waals surface area contributed by atoms with Crippen molar-refractivity contribution in [1.82, 2.24) is 9.62 Å². The predicted molar refractivity (Wildman–Crippen MR) is 139 cm³/mol. The van der Waals surface area contributed by atoms with Crippen molar-refractivity contribution in [3.05, 3.63) is 59.2 Å². The van der Waals surface area contributed by atoms with E-state index in [0.29, 0.717) is 38.9 Å². The number of carbonyl (C=O) groups excluding carboxylic acids is 2. The van der Waals surface area contributed by atoms with Crippen LogP contribution in [0.4, 0.5) is 5.69 Å². The predicted octanol–water partition coefficient (Wildman–Crippen LogP) is 3.44. The fourth-order valence-corrected chi connectivity index (χ4v) is 6.89. The molecule has 2 heterocycles. The Balaban J connectivity index is 1.17. The number of nitrogens with one attached hydrogen (secondary N) is 1. The fourth-order valence-electron chi connectivity index (χ4n) is 5.37. The minimum Gasteiger partial charge on any atom is -0.356 e. The second kappa shape index (κ2) is 9.98. The first kappa shape index (κ1) is 25.0. The van der Waals surface area contributed by atoms with E-state index in [2.05, 4.69) is 36.5 Å². The highest BCUT2D eigenvalue weighted by molar-refractivity contribution is 7.89. The molecule has 1 atom stereocenters. The summed E-state index contributed by atoms with van der Waals surface area (Å²) in [5, 5.41) is 3.02. The summed E-state index contributed by atoms with van der Waals surface area (Å²) in [5.41, 5.74) is 4.16. The summed E-state index contributed by atoms with van der Waals surface area (Å²) in [6.07, 6.45) is 4.37. The fraction of sp³-hybridized carbons (Fsp3) is 0.500. The van der Waals surface area contributed by atoms with Crippen LogP contribution in [0.2, 0.25) is 0 Å². The van der Waals surface area contributed by atoms with Gasteiger partial charge in [-0.1, -0.05) is 29.8 Å². The van der Waals surface area contributed by atoms with Gasteiger partial charge in [0, 0.05) is 43.2 Å². The van der Waals surface area contributed by atoms with Gasteiger partial charge < -0.3 is 10.2 Å². The smallest absolute Gasteiger partial charge is 0.243 e. The summed E-state index contributed by atoms with van der Waals surface area (Å²) in [6.45, 7) is 5.31. The van der Waals surface area contributed by atoms with E-state index >= 15 is 0 Å². The molecule has 8 heteroatoms. The molecule has 5 rings (SSSR count). The lowest BCUT2D eigenvalue weighted by molar-refractivity contribution is -0.126. The number of fused-ring (bicyclic) bond motifs is 1. The van der Waals surface area contributed by atoms with Gasteiger partial charge in [-0.3, -0.25) is 9.59 Å². The molecule has 0 unspecified atom stereocenters. The number of amides is 2. The Kier molecular flexibility index (Phi) is 6.92. The summed E-state index contributed by atoms with van der Waals surface area (Å²) in [7, 11) is -3.65. The zero-order valence-electron chi connectivity index (χ0n) is 21.1. The summed E-state index contributed by atoms with van der Waals surface area (Å²) in [6, 6.07) is 13.5. The maximum atomic E-state index is 13.4. The normalized spacial score (nSPS) is 20.8. The third kappa shape index (κ3) is 5.06. The van der Waals surface area contributed by atoms with Crippen LogP contribution in [0.3, 0.4) is 0 Å². The molecule has 1 N–H and O–H groups in total. The van der Waals surface area contributed by atoms with E-state index in [1.54, 1.807) is 18.2 Å². The minimum atomic E-state index is -3.65. The third-order valence-electron chi connectivity index (χ3n) is 7.73. The Morgan fingerprint density at radius 2 is 1.67 bits per heavy atom. The lowest BCUT2D eigenvalue weighted by Gasteiger charge is -2.30. The van der Waals surface area contributed by atoms with Crippen molar-refractivity contribution in [2.75, 3.05) is 24.5 Å². The van der Waals surface area contributed by atoms with Crippen LogP contribution in [0.1, 0.15) is 49.3 Å². The average Bonchev–Trinajstić information content (AvgIpc) is 3.67. The van der Waals surface area contributed by atoms with Crippen molar-refractivity contribution >= 4 is 27.5 Å². The van der Waals surface area contributed by atoms with Crippen LogP contribution in [0.15, 0.2) is 47.4 Å². The number of anilines is 1. The number of hydrogen-bond donors (Lipinski definition) is 1. The number of piperidine rings is 1. The standard InChI is InChI=1S/C28H35N3O4S/c1-19-3-5-21(6-4-19)11-14-29-27(32)22-12-15-30(16-13-22)36(34,35)25-9-10-26-24(18-25)17-20(2)31(26)28(33)23-7-8-23/h3-6,9-10,18,20,22-23H,7-8,11-17H2,1-2H3,(H,29,32)/t20-/m0/s1. The Morgan fingerprint density at radius 1 is 0.972 bits per heavy atom. The lowest BCUT2D eigenvalue weighted by atomic mass is 9.97. The maximum Gasteiger partial charge on any atom is 0.243 e. The summed E-state index contributed by atoms with van der Waals surface area (Å²) < 4.78 is 28.2.